The van der Waals surface area contributed by atoms with E-state index >= 15 is 0 Å². The van der Waals surface area contributed by atoms with Crippen molar-refractivity contribution in [1.82, 2.24) is 9.88 Å². The van der Waals surface area contributed by atoms with Gasteiger partial charge in [-0.15, -0.1) is 0 Å². The number of alkyl halides is 2. The van der Waals surface area contributed by atoms with Crippen LogP contribution in [-0.2, 0) is 5.60 Å². The third-order valence-corrected chi connectivity index (χ3v) is 8.49. The Morgan fingerprint density at radius 1 is 1.16 bits per heavy atom. The second kappa shape index (κ2) is 8.88. The number of nitrogens with zero attached hydrogens (tertiary/aromatic N) is 2. The number of aliphatic hydroxyl groups excluding tert-OH is 1. The quantitative estimate of drug-likeness (QED) is 0.412. The number of rotatable bonds is 5. The number of likely N-dealkylation sites (tertiary alicyclic amines) is 1. The highest BCUT2D eigenvalue weighted by molar-refractivity contribution is 9.10. The highest BCUT2D eigenvalue weighted by Crippen LogP contribution is 2.62. The number of aliphatic hydroxyl groups is 2. The summed E-state index contributed by atoms with van der Waals surface area (Å²) in [6.07, 6.45) is -2.26. The highest BCUT2D eigenvalue weighted by atomic mass is 79.9. The summed E-state index contributed by atoms with van der Waals surface area (Å²) in [6, 6.07) is 16.8. The first kappa shape index (κ1) is 25.0. The molecular formula is C27H24BrClF2N2O4. The molecule has 2 aliphatic heterocycles. The normalized spacial score (nSPS) is 29.8. The Balaban J connectivity index is 1.50. The minimum atomic E-state index is -2.74. The van der Waals surface area contributed by atoms with Crippen molar-refractivity contribution in [1.29, 1.82) is 0 Å². The van der Waals surface area contributed by atoms with Gasteiger partial charge in [0.15, 0.2) is 5.60 Å². The summed E-state index contributed by atoms with van der Waals surface area (Å²) in [5, 5.41) is 24.1. The summed E-state index contributed by atoms with van der Waals surface area (Å²) in [5.74, 6) is -3.49. The number of pyridine rings is 1. The van der Waals surface area contributed by atoms with Crippen molar-refractivity contribution >= 4 is 27.5 Å². The zero-order valence-electron chi connectivity index (χ0n) is 19.7. The number of fused-ring (bicyclic) bond motifs is 3. The summed E-state index contributed by atoms with van der Waals surface area (Å²) in [4.78, 5) is 6.00. The monoisotopic (exact) mass is 592 g/mol. The van der Waals surface area contributed by atoms with E-state index in [0.29, 0.717) is 16.9 Å². The number of halogens is 4. The molecule has 2 N–H and O–H groups in total. The molecule has 37 heavy (non-hydrogen) atoms. The van der Waals surface area contributed by atoms with Crippen molar-refractivity contribution < 1.29 is 28.5 Å². The first-order valence-corrected chi connectivity index (χ1v) is 13.1. The van der Waals surface area contributed by atoms with Gasteiger partial charge in [-0.1, -0.05) is 70.0 Å². The molecule has 5 unspecified atom stereocenters. The van der Waals surface area contributed by atoms with E-state index in [2.05, 4.69) is 20.9 Å². The van der Waals surface area contributed by atoms with Crippen LogP contribution in [0.1, 0.15) is 17.0 Å². The average Bonchev–Trinajstić information content (AvgIpc) is 3.26. The van der Waals surface area contributed by atoms with E-state index in [0.717, 1.165) is 10.0 Å². The van der Waals surface area contributed by atoms with Crippen LogP contribution in [0.3, 0.4) is 0 Å². The van der Waals surface area contributed by atoms with Gasteiger partial charge in [-0.05, 0) is 23.3 Å². The topological polar surface area (TPSA) is 75.0 Å². The lowest BCUT2D eigenvalue weighted by Gasteiger charge is -2.41. The summed E-state index contributed by atoms with van der Waals surface area (Å²) >= 11 is 10.0. The summed E-state index contributed by atoms with van der Waals surface area (Å²) in [6.45, 7) is -0.588. The molecule has 6 rings (SSSR count). The van der Waals surface area contributed by atoms with Crippen molar-refractivity contribution in [3.63, 3.8) is 0 Å². The zero-order valence-corrected chi connectivity index (χ0v) is 22.1. The van der Waals surface area contributed by atoms with E-state index in [4.69, 9.17) is 21.1 Å². The molecule has 2 fully saturated rings. The Bertz CT molecular complexity index is 1340. The molecule has 5 atom stereocenters. The molecule has 1 aromatic heterocycles. The first-order valence-electron chi connectivity index (χ1n) is 11.9. The van der Waals surface area contributed by atoms with Gasteiger partial charge in [0.05, 0.1) is 37.4 Å². The van der Waals surface area contributed by atoms with Crippen molar-refractivity contribution in [2.45, 2.75) is 29.6 Å². The van der Waals surface area contributed by atoms with E-state index in [-0.39, 0.29) is 36.2 Å². The number of aromatic nitrogens is 1. The van der Waals surface area contributed by atoms with E-state index in [1.165, 1.54) is 7.11 Å². The van der Waals surface area contributed by atoms with Crippen LogP contribution in [0, 0.1) is 5.92 Å². The van der Waals surface area contributed by atoms with Gasteiger partial charge in [0.1, 0.15) is 17.0 Å². The van der Waals surface area contributed by atoms with Crippen LogP contribution in [0.15, 0.2) is 59.1 Å². The van der Waals surface area contributed by atoms with Crippen molar-refractivity contribution in [2.24, 2.45) is 5.92 Å². The van der Waals surface area contributed by atoms with Gasteiger partial charge in [-0.2, -0.15) is 0 Å². The molecule has 10 heteroatoms. The third kappa shape index (κ3) is 3.86. The van der Waals surface area contributed by atoms with Crippen LogP contribution in [0.25, 0.3) is 11.1 Å². The summed E-state index contributed by atoms with van der Waals surface area (Å²) in [7, 11) is 1.41. The molecule has 0 bridgehead atoms. The molecule has 1 saturated heterocycles. The average molecular weight is 594 g/mol. The van der Waals surface area contributed by atoms with Crippen LogP contribution in [0.4, 0.5) is 8.78 Å². The predicted octanol–water partition coefficient (Wildman–Crippen LogP) is 4.85. The largest absolute Gasteiger partial charge is 0.485 e. The second-order valence-corrected chi connectivity index (χ2v) is 11.2. The standard InChI is InChI=1S/C27H24BrClF2N2O4/c1-36-25-20-21(19(24(29)32-25)15-7-9-16(28)10-8-15)37-23-18(14-5-3-2-4-6-14)17(22(34)27(20,23)35)11-33-12-26(30,31)13-33/h2-10,17-18,22-23,34-35H,11-13H2,1H3. The molecule has 2 aromatic carbocycles. The molecule has 6 nitrogen and oxygen atoms in total. The predicted molar refractivity (Wildman–Crippen MR) is 137 cm³/mol. The Morgan fingerprint density at radius 2 is 1.84 bits per heavy atom. The van der Waals surface area contributed by atoms with Gasteiger partial charge < -0.3 is 19.7 Å². The van der Waals surface area contributed by atoms with Gasteiger partial charge in [-0.25, -0.2) is 13.8 Å². The number of hydrogen-bond acceptors (Lipinski definition) is 6. The van der Waals surface area contributed by atoms with Gasteiger partial charge in [0.2, 0.25) is 5.88 Å². The molecule has 0 radical (unpaired) electrons. The van der Waals surface area contributed by atoms with Crippen molar-refractivity contribution in [3.8, 4) is 22.8 Å². The zero-order chi connectivity index (χ0) is 26.1. The molecule has 3 heterocycles. The smallest absolute Gasteiger partial charge is 0.272 e. The van der Waals surface area contributed by atoms with Gasteiger partial charge >= 0.3 is 0 Å². The minimum Gasteiger partial charge on any atom is -0.485 e. The molecule has 3 aliphatic rings. The fraction of sp³-hybridized carbons (Fsp3) is 0.370. The fourth-order valence-corrected chi connectivity index (χ4v) is 6.65. The lowest BCUT2D eigenvalue weighted by atomic mass is 9.86. The second-order valence-electron chi connectivity index (χ2n) is 9.93. The lowest BCUT2D eigenvalue weighted by molar-refractivity contribution is -0.144. The molecule has 0 amide bonds. The molecule has 3 aromatic rings. The number of benzene rings is 2. The molecular weight excluding hydrogens is 570 g/mol. The maximum absolute atomic E-state index is 13.6. The fourth-order valence-electron chi connectivity index (χ4n) is 6.12. The van der Waals surface area contributed by atoms with E-state index in [9.17, 15) is 19.0 Å². The van der Waals surface area contributed by atoms with Crippen LogP contribution < -0.4 is 9.47 Å². The molecule has 194 valence electrons. The Labute approximate surface area is 225 Å². The van der Waals surface area contributed by atoms with E-state index in [1.807, 2.05) is 54.6 Å². The van der Waals surface area contributed by atoms with Crippen LogP contribution in [0.2, 0.25) is 5.15 Å². The Kier molecular flexibility index (Phi) is 6.00. The summed E-state index contributed by atoms with van der Waals surface area (Å²) in [5.41, 5.74) is 0.336. The lowest BCUT2D eigenvalue weighted by Crippen LogP contribution is -2.58. The van der Waals surface area contributed by atoms with Crippen LogP contribution >= 0.6 is 27.5 Å². The number of hydrogen-bond donors (Lipinski definition) is 2. The minimum absolute atomic E-state index is 0.0489. The first-order chi connectivity index (χ1) is 17.6. The van der Waals surface area contributed by atoms with Gasteiger partial charge in [-0.3, -0.25) is 4.90 Å². The van der Waals surface area contributed by atoms with Gasteiger partial charge in [0, 0.05) is 22.9 Å². The Hall–Kier alpha value is -2.30. The molecule has 0 spiro atoms. The maximum atomic E-state index is 13.6. The number of methoxy groups -OCH3 is 1. The SMILES string of the molecule is COc1nc(Cl)c(-c2ccc(Br)cc2)c2c1C1(O)C(O)C(CN3CC(F)(F)C3)C(c3ccccc3)C1O2. The highest BCUT2D eigenvalue weighted by Gasteiger charge is 2.68. The van der Waals surface area contributed by atoms with E-state index < -0.39 is 35.6 Å². The van der Waals surface area contributed by atoms with E-state index in [1.54, 1.807) is 4.90 Å². The van der Waals surface area contributed by atoms with Gasteiger partial charge in [0.25, 0.3) is 5.92 Å². The maximum Gasteiger partial charge on any atom is 0.272 e. The number of ether oxygens (including phenoxy) is 2. The van der Waals surface area contributed by atoms with Crippen LogP contribution in [-0.4, -0.2) is 65.0 Å². The molecule has 1 aliphatic carbocycles. The van der Waals surface area contributed by atoms with Crippen LogP contribution in [0.5, 0.6) is 11.6 Å². The Morgan fingerprint density at radius 3 is 2.46 bits per heavy atom. The molecule has 1 saturated carbocycles. The summed E-state index contributed by atoms with van der Waals surface area (Å²) < 4.78 is 40.2. The third-order valence-electron chi connectivity index (χ3n) is 7.69. The van der Waals surface area contributed by atoms with Crippen molar-refractivity contribution in [2.75, 3.05) is 26.7 Å². The van der Waals surface area contributed by atoms with Crippen molar-refractivity contribution in [3.05, 3.63) is 75.4 Å².